The quantitative estimate of drug-likeness (QED) is 0.0320. The fraction of sp³-hybridized carbons (Fsp3) is 0.943. The predicted octanol–water partition coefficient (Wildman–Crippen LogP) is 22.4. The number of esters is 1. The Hall–Kier alpha value is -1.40. The number of hydrogen-bond acceptors (Lipinski definition) is 5. The lowest BCUT2D eigenvalue weighted by molar-refractivity contribution is -0.143. The lowest BCUT2D eigenvalue weighted by Crippen LogP contribution is -2.45. The van der Waals surface area contributed by atoms with E-state index in [4.69, 9.17) is 4.74 Å². The van der Waals surface area contributed by atoms with Crippen LogP contribution < -0.4 is 5.32 Å². The highest BCUT2D eigenvalue weighted by Crippen LogP contribution is 2.19. The van der Waals surface area contributed by atoms with Gasteiger partial charge in [0.2, 0.25) is 5.91 Å². The molecule has 6 nitrogen and oxygen atoms in total. The van der Waals surface area contributed by atoms with Crippen LogP contribution in [-0.2, 0) is 14.3 Å². The molecule has 0 aromatic rings. The van der Waals surface area contributed by atoms with Gasteiger partial charge in [-0.1, -0.05) is 347 Å². The molecule has 452 valence electrons. The Bertz CT molecular complexity index is 1140. The Morgan fingerprint density at radius 3 is 0.934 bits per heavy atom. The molecule has 0 bridgehead atoms. The standard InChI is InChI=1S/C70H137NO5/c1-3-5-7-9-11-13-15-17-19-32-35-38-42-46-50-54-58-62-68(73)67(66-72)71-69(74)63-59-55-51-47-43-39-36-33-30-28-26-24-22-20-21-23-25-27-29-31-34-37-41-45-49-53-57-61-65-76-70(75)64-60-56-52-48-44-40-18-16-14-12-10-8-6-4-2/h16,18,67-68,72-73H,3-15,17,19-66H2,1-2H3,(H,71,74)/b18-16-. The molecule has 0 radical (unpaired) electrons. The smallest absolute Gasteiger partial charge is 0.305 e. The summed E-state index contributed by atoms with van der Waals surface area (Å²) in [5, 5.41) is 23.4. The number of amides is 1. The van der Waals surface area contributed by atoms with Crippen LogP contribution in [0.5, 0.6) is 0 Å². The van der Waals surface area contributed by atoms with Crippen LogP contribution in [-0.4, -0.2) is 47.4 Å². The van der Waals surface area contributed by atoms with Gasteiger partial charge < -0.3 is 20.3 Å². The van der Waals surface area contributed by atoms with Crippen molar-refractivity contribution in [3.8, 4) is 0 Å². The fourth-order valence-electron chi connectivity index (χ4n) is 11.2. The first kappa shape index (κ1) is 74.6. The molecule has 2 unspecified atom stereocenters. The van der Waals surface area contributed by atoms with Crippen molar-refractivity contribution in [1.29, 1.82) is 0 Å². The van der Waals surface area contributed by atoms with E-state index in [0.29, 0.717) is 25.9 Å². The maximum atomic E-state index is 12.5. The zero-order valence-electron chi connectivity index (χ0n) is 51.8. The highest BCUT2D eigenvalue weighted by Gasteiger charge is 2.20. The summed E-state index contributed by atoms with van der Waals surface area (Å²) in [6.45, 7) is 4.98. The second kappa shape index (κ2) is 66.1. The monoisotopic (exact) mass is 1070 g/mol. The lowest BCUT2D eigenvalue weighted by atomic mass is 10.0. The third kappa shape index (κ3) is 61.8. The van der Waals surface area contributed by atoms with Crippen LogP contribution in [0.25, 0.3) is 0 Å². The highest BCUT2D eigenvalue weighted by molar-refractivity contribution is 5.76. The summed E-state index contributed by atoms with van der Waals surface area (Å²) in [7, 11) is 0. The summed E-state index contributed by atoms with van der Waals surface area (Å²) in [6.07, 6.45) is 81.1. The first-order valence-corrected chi connectivity index (χ1v) is 34.9. The molecule has 0 rings (SSSR count). The van der Waals surface area contributed by atoms with Gasteiger partial charge in [-0.15, -0.1) is 0 Å². The van der Waals surface area contributed by atoms with Crippen molar-refractivity contribution in [3.05, 3.63) is 12.2 Å². The molecule has 0 aliphatic rings. The number of carbonyl (C=O) groups is 2. The van der Waals surface area contributed by atoms with Crippen molar-refractivity contribution >= 4 is 11.9 Å². The number of allylic oxidation sites excluding steroid dienone is 2. The molecule has 0 saturated heterocycles. The van der Waals surface area contributed by atoms with E-state index in [9.17, 15) is 19.8 Å². The van der Waals surface area contributed by atoms with E-state index in [1.165, 1.54) is 321 Å². The largest absolute Gasteiger partial charge is 0.466 e. The van der Waals surface area contributed by atoms with Crippen molar-refractivity contribution in [2.45, 2.75) is 411 Å². The minimum absolute atomic E-state index is 0.0111. The van der Waals surface area contributed by atoms with Gasteiger partial charge in [0.25, 0.3) is 0 Å². The zero-order chi connectivity index (χ0) is 55.0. The van der Waals surface area contributed by atoms with Gasteiger partial charge in [0.1, 0.15) is 0 Å². The van der Waals surface area contributed by atoms with Crippen LogP contribution in [0.2, 0.25) is 0 Å². The minimum atomic E-state index is -0.662. The van der Waals surface area contributed by atoms with E-state index in [0.717, 1.165) is 44.9 Å². The predicted molar refractivity (Wildman–Crippen MR) is 333 cm³/mol. The van der Waals surface area contributed by atoms with Crippen molar-refractivity contribution in [2.24, 2.45) is 0 Å². The SMILES string of the molecule is CCCCCCC/C=C\CCCCCCCC(=O)OCCCCCCCCCCCCCCCCCCCCCCCCCCCCCCC(=O)NC(CO)C(O)CCCCCCCCCCCCCCCCCCC. The van der Waals surface area contributed by atoms with Crippen LogP contribution in [0.4, 0.5) is 0 Å². The van der Waals surface area contributed by atoms with E-state index in [1.54, 1.807) is 0 Å². The molecule has 6 heteroatoms. The summed E-state index contributed by atoms with van der Waals surface area (Å²) in [6, 6.07) is -0.538. The summed E-state index contributed by atoms with van der Waals surface area (Å²) in [4.78, 5) is 24.6. The van der Waals surface area contributed by atoms with Gasteiger partial charge in [0.15, 0.2) is 0 Å². The van der Waals surface area contributed by atoms with Crippen molar-refractivity contribution in [3.63, 3.8) is 0 Å². The normalized spacial score (nSPS) is 12.5. The molecule has 1 amide bonds. The van der Waals surface area contributed by atoms with Crippen molar-refractivity contribution in [1.82, 2.24) is 5.32 Å². The Morgan fingerprint density at radius 2 is 0.618 bits per heavy atom. The van der Waals surface area contributed by atoms with Crippen LogP contribution in [0.3, 0.4) is 0 Å². The van der Waals surface area contributed by atoms with E-state index >= 15 is 0 Å². The number of unbranched alkanes of at least 4 members (excludes halogenated alkanes) is 53. The Labute approximate surface area is 476 Å². The molecule has 0 aliphatic carbocycles. The zero-order valence-corrected chi connectivity index (χ0v) is 51.8. The molecular formula is C70H137NO5. The van der Waals surface area contributed by atoms with E-state index in [2.05, 4.69) is 31.3 Å². The summed E-state index contributed by atoms with van der Waals surface area (Å²) >= 11 is 0. The van der Waals surface area contributed by atoms with Gasteiger partial charge in [-0.25, -0.2) is 0 Å². The molecule has 76 heavy (non-hydrogen) atoms. The first-order chi connectivity index (χ1) is 37.5. The van der Waals surface area contributed by atoms with Crippen molar-refractivity contribution < 1.29 is 24.5 Å². The summed E-state index contributed by atoms with van der Waals surface area (Å²) < 4.78 is 5.49. The molecule has 0 saturated carbocycles. The van der Waals surface area contributed by atoms with Crippen LogP contribution in [0.1, 0.15) is 399 Å². The maximum absolute atomic E-state index is 12.5. The van der Waals surface area contributed by atoms with Gasteiger partial charge >= 0.3 is 5.97 Å². The van der Waals surface area contributed by atoms with Crippen LogP contribution in [0, 0.1) is 0 Å². The summed E-state index contributed by atoms with van der Waals surface area (Å²) in [5.74, 6) is -0.0168. The number of aliphatic hydroxyl groups excluding tert-OH is 2. The van der Waals surface area contributed by atoms with Gasteiger partial charge in [-0.2, -0.15) is 0 Å². The van der Waals surface area contributed by atoms with Gasteiger partial charge in [-0.3, -0.25) is 9.59 Å². The second-order valence-electron chi connectivity index (χ2n) is 24.2. The highest BCUT2D eigenvalue weighted by atomic mass is 16.5. The number of ether oxygens (including phenoxy) is 1. The molecular weight excluding hydrogens is 935 g/mol. The number of aliphatic hydroxyl groups is 2. The lowest BCUT2D eigenvalue weighted by Gasteiger charge is -2.22. The fourth-order valence-corrected chi connectivity index (χ4v) is 11.2. The maximum Gasteiger partial charge on any atom is 0.305 e. The number of hydrogen-bond donors (Lipinski definition) is 3. The van der Waals surface area contributed by atoms with Gasteiger partial charge in [0.05, 0.1) is 25.4 Å². The van der Waals surface area contributed by atoms with Gasteiger partial charge in [0, 0.05) is 12.8 Å². The Kier molecular flexibility index (Phi) is 64.9. The number of nitrogens with one attached hydrogen (secondary N) is 1. The third-order valence-corrected chi connectivity index (χ3v) is 16.6. The molecule has 0 aliphatic heterocycles. The molecule has 3 N–H and O–H groups in total. The number of carbonyl (C=O) groups excluding carboxylic acids is 2. The van der Waals surface area contributed by atoms with E-state index in [-0.39, 0.29) is 18.5 Å². The Morgan fingerprint density at radius 1 is 0.355 bits per heavy atom. The Balaban J connectivity index is 3.34. The molecule has 0 aromatic carbocycles. The average Bonchev–Trinajstić information content (AvgIpc) is 3.42. The minimum Gasteiger partial charge on any atom is -0.466 e. The second-order valence-corrected chi connectivity index (χ2v) is 24.2. The molecule has 0 heterocycles. The van der Waals surface area contributed by atoms with Crippen LogP contribution in [0.15, 0.2) is 12.2 Å². The molecule has 0 fully saturated rings. The van der Waals surface area contributed by atoms with Crippen molar-refractivity contribution in [2.75, 3.05) is 13.2 Å². The van der Waals surface area contributed by atoms with E-state index < -0.39 is 12.1 Å². The van der Waals surface area contributed by atoms with Crippen LogP contribution >= 0.6 is 0 Å². The molecule has 2 atom stereocenters. The topological polar surface area (TPSA) is 95.9 Å². The number of rotatable bonds is 66. The van der Waals surface area contributed by atoms with Gasteiger partial charge in [-0.05, 0) is 51.4 Å². The van der Waals surface area contributed by atoms with E-state index in [1.807, 2.05) is 0 Å². The first-order valence-electron chi connectivity index (χ1n) is 34.9. The molecule has 0 aromatic heterocycles. The summed E-state index contributed by atoms with van der Waals surface area (Å²) in [5.41, 5.74) is 0. The molecule has 0 spiro atoms. The third-order valence-electron chi connectivity index (χ3n) is 16.6. The average molecular weight is 1070 g/mol.